The van der Waals surface area contributed by atoms with Gasteiger partial charge in [-0.2, -0.15) is 0 Å². The van der Waals surface area contributed by atoms with Gasteiger partial charge >= 0.3 is 0 Å². The molecular weight excluding hydrogens is 241 g/mol. The molecular formula is C13H26Cl2N+. The van der Waals surface area contributed by atoms with Crippen molar-refractivity contribution in [3.8, 4) is 0 Å². The van der Waals surface area contributed by atoms with E-state index in [2.05, 4.69) is 55.4 Å². The molecule has 0 fully saturated rings. The van der Waals surface area contributed by atoms with E-state index in [0.717, 1.165) is 6.42 Å². The third-order valence-electron chi connectivity index (χ3n) is 2.88. The average molecular weight is 267 g/mol. The molecule has 0 aliphatic rings. The molecule has 0 N–H and O–H groups in total. The minimum absolute atomic E-state index is 0.166. The van der Waals surface area contributed by atoms with Gasteiger partial charge in [-0.1, -0.05) is 0 Å². The Morgan fingerprint density at radius 2 is 1.12 bits per heavy atom. The highest BCUT2D eigenvalue weighted by atomic mass is 35.5. The second kappa shape index (κ2) is 4.96. The molecule has 0 aromatic rings. The summed E-state index contributed by atoms with van der Waals surface area (Å²) in [5, 5.41) is 0. The van der Waals surface area contributed by atoms with E-state index in [1.807, 2.05) is 0 Å². The van der Waals surface area contributed by atoms with E-state index in [1.54, 1.807) is 0 Å². The summed E-state index contributed by atoms with van der Waals surface area (Å²) in [6.07, 6.45) is 0.896. The van der Waals surface area contributed by atoms with Gasteiger partial charge in [-0.05, 0) is 78.9 Å². The Kier molecular flexibility index (Phi) is 5.08. The normalized spacial score (nSPS) is 14.4. The fourth-order valence-corrected chi connectivity index (χ4v) is 2.27. The topological polar surface area (TPSA) is 3.24 Å². The molecule has 1 nitrogen and oxygen atoms in total. The molecule has 16 heavy (non-hydrogen) atoms. The van der Waals surface area contributed by atoms with Crippen LogP contribution in [0.15, 0.2) is 0 Å². The fourth-order valence-electron chi connectivity index (χ4n) is 2.15. The van der Waals surface area contributed by atoms with Crippen LogP contribution in [0.2, 0.25) is 0 Å². The molecule has 0 saturated carbocycles. The van der Waals surface area contributed by atoms with Gasteiger partial charge in [0.25, 0.3) is 0 Å². The molecule has 0 radical (unpaired) electrons. The fraction of sp³-hybridized carbons (Fsp3) is 0.923. The first-order chi connectivity index (χ1) is 6.78. The average Bonchev–Trinajstić information content (AvgIpc) is 1.95. The summed E-state index contributed by atoms with van der Waals surface area (Å²) >= 11 is 11.8. The van der Waals surface area contributed by atoms with E-state index < -0.39 is 0 Å². The first kappa shape index (κ1) is 16.4. The number of hydrogen-bond acceptors (Lipinski definition) is 1. The van der Waals surface area contributed by atoms with Gasteiger partial charge in [-0.25, -0.2) is 0 Å². The van der Waals surface area contributed by atoms with Crippen molar-refractivity contribution in [2.75, 3.05) is 0 Å². The molecule has 0 atom stereocenters. The Morgan fingerprint density at radius 1 is 0.812 bits per heavy atom. The molecule has 0 rings (SSSR count). The van der Waals surface area contributed by atoms with E-state index in [-0.39, 0.29) is 16.4 Å². The minimum atomic E-state index is -0.237. The van der Waals surface area contributed by atoms with Gasteiger partial charge in [0.1, 0.15) is 23.2 Å². The number of halogens is 2. The Bertz CT molecular complexity index is 207. The predicted octanol–water partition coefficient (Wildman–Crippen LogP) is 5.43. The van der Waals surface area contributed by atoms with E-state index in [9.17, 15) is 0 Å². The molecule has 0 bridgehead atoms. The summed E-state index contributed by atoms with van der Waals surface area (Å²) in [6, 6.07) is 0. The lowest BCUT2D eigenvalue weighted by molar-refractivity contribution is 0.207. The molecule has 0 heterocycles. The Labute approximate surface area is 112 Å². The lowest BCUT2D eigenvalue weighted by Gasteiger charge is -2.36. The largest absolute Gasteiger partial charge is 0.122 e. The van der Waals surface area contributed by atoms with Gasteiger partial charge in [-0.3, -0.25) is 0 Å². The SMILES string of the molecule is CC(C)(C)[C+](CC(C)(C)N(Cl)Cl)C(C)(C)C. The summed E-state index contributed by atoms with van der Waals surface area (Å²) in [5.41, 5.74) is 0.0949. The summed E-state index contributed by atoms with van der Waals surface area (Å²) < 4.78 is 1.27. The number of hydrogen-bond donors (Lipinski definition) is 0. The van der Waals surface area contributed by atoms with Crippen LogP contribution in [0.1, 0.15) is 61.8 Å². The highest BCUT2D eigenvalue weighted by Crippen LogP contribution is 2.47. The first-order valence-corrected chi connectivity index (χ1v) is 6.44. The quantitative estimate of drug-likeness (QED) is 0.486. The van der Waals surface area contributed by atoms with Crippen LogP contribution < -0.4 is 0 Å². The van der Waals surface area contributed by atoms with Crippen LogP contribution in [-0.4, -0.2) is 9.48 Å². The van der Waals surface area contributed by atoms with Crippen LogP contribution in [0.5, 0.6) is 0 Å². The summed E-state index contributed by atoms with van der Waals surface area (Å²) in [5.74, 6) is 1.48. The van der Waals surface area contributed by atoms with Gasteiger partial charge < -0.3 is 0 Å². The zero-order chi connectivity index (χ0) is 13.4. The van der Waals surface area contributed by atoms with Crippen molar-refractivity contribution in [3.63, 3.8) is 0 Å². The van der Waals surface area contributed by atoms with Gasteiger partial charge in [-0.15, -0.1) is 3.94 Å². The van der Waals surface area contributed by atoms with Gasteiger partial charge in [0, 0.05) is 0 Å². The Hall–Kier alpha value is 0.410. The van der Waals surface area contributed by atoms with Crippen molar-refractivity contribution >= 4 is 23.6 Å². The standard InChI is InChI=1S/C13H26Cl2N/c1-11(2,3)10(12(4,5)6)9-13(7,8)16(14)15/h9H2,1-8H3/q+1. The van der Waals surface area contributed by atoms with Crippen LogP contribution >= 0.6 is 23.6 Å². The third kappa shape index (κ3) is 4.73. The van der Waals surface area contributed by atoms with Crippen LogP contribution in [0.25, 0.3) is 0 Å². The zero-order valence-corrected chi connectivity index (χ0v) is 13.4. The second-order valence-corrected chi connectivity index (χ2v) is 8.05. The third-order valence-corrected chi connectivity index (χ3v) is 3.79. The van der Waals surface area contributed by atoms with E-state index >= 15 is 0 Å². The second-order valence-electron chi connectivity index (χ2n) is 7.20. The summed E-state index contributed by atoms with van der Waals surface area (Å²) in [4.78, 5) is 0. The van der Waals surface area contributed by atoms with Crippen molar-refractivity contribution in [1.82, 2.24) is 3.94 Å². The Balaban J connectivity index is 4.98. The molecule has 3 heteroatoms. The summed E-state index contributed by atoms with van der Waals surface area (Å²) in [7, 11) is 0. The van der Waals surface area contributed by atoms with E-state index in [1.165, 1.54) is 9.86 Å². The van der Waals surface area contributed by atoms with E-state index in [4.69, 9.17) is 23.6 Å². The van der Waals surface area contributed by atoms with Gasteiger partial charge in [0.2, 0.25) is 0 Å². The highest BCUT2D eigenvalue weighted by molar-refractivity contribution is 6.34. The van der Waals surface area contributed by atoms with Crippen molar-refractivity contribution in [1.29, 1.82) is 0 Å². The van der Waals surface area contributed by atoms with Gasteiger partial charge in [0.05, 0.1) is 5.54 Å². The van der Waals surface area contributed by atoms with Crippen LogP contribution in [0.4, 0.5) is 0 Å². The highest BCUT2D eigenvalue weighted by Gasteiger charge is 2.50. The molecule has 0 aliphatic heterocycles. The lowest BCUT2D eigenvalue weighted by Crippen LogP contribution is -2.40. The van der Waals surface area contributed by atoms with Crippen molar-refractivity contribution in [2.45, 2.75) is 67.3 Å². The monoisotopic (exact) mass is 266 g/mol. The molecule has 0 spiro atoms. The molecule has 0 saturated heterocycles. The number of nitrogens with zero attached hydrogens (tertiary/aromatic N) is 1. The zero-order valence-electron chi connectivity index (χ0n) is 11.9. The molecule has 0 amide bonds. The van der Waals surface area contributed by atoms with Gasteiger partial charge in [0.15, 0.2) is 0 Å². The predicted molar refractivity (Wildman–Crippen MR) is 74.4 cm³/mol. The van der Waals surface area contributed by atoms with Crippen molar-refractivity contribution < 1.29 is 0 Å². The van der Waals surface area contributed by atoms with Crippen LogP contribution in [0.3, 0.4) is 0 Å². The lowest BCUT2D eigenvalue weighted by atomic mass is 9.63. The Morgan fingerprint density at radius 3 is 1.31 bits per heavy atom. The molecule has 96 valence electrons. The maximum atomic E-state index is 5.90. The molecule has 0 aromatic heterocycles. The van der Waals surface area contributed by atoms with Crippen molar-refractivity contribution in [2.24, 2.45) is 10.8 Å². The van der Waals surface area contributed by atoms with E-state index in [0.29, 0.717) is 0 Å². The molecule has 0 aliphatic carbocycles. The van der Waals surface area contributed by atoms with Crippen molar-refractivity contribution in [3.05, 3.63) is 5.92 Å². The minimum Gasteiger partial charge on any atom is -0.122 e. The maximum Gasteiger partial charge on any atom is 0.112 e. The molecule has 0 unspecified atom stereocenters. The smallest absolute Gasteiger partial charge is 0.112 e. The van der Waals surface area contributed by atoms with Crippen LogP contribution in [-0.2, 0) is 0 Å². The molecule has 0 aromatic carbocycles. The summed E-state index contributed by atoms with van der Waals surface area (Å²) in [6.45, 7) is 17.6. The number of rotatable bonds is 3. The van der Waals surface area contributed by atoms with Crippen LogP contribution in [0, 0.1) is 16.7 Å². The maximum absolute atomic E-state index is 5.90. The first-order valence-electron chi connectivity index (χ1n) is 5.77.